The van der Waals surface area contributed by atoms with Gasteiger partial charge in [0, 0.05) is 19.1 Å². The summed E-state index contributed by atoms with van der Waals surface area (Å²) in [6.07, 6.45) is 0.338. The van der Waals surface area contributed by atoms with Crippen molar-refractivity contribution in [2.75, 3.05) is 0 Å². The standard InChI is InChI=1S/C34H39FN2O3S2/c1-34(2,3)41(38)36-32(33(35)42(39,40)30-22-14-7-15-23-30)31(24-27-16-8-4-9-17-27)37(25-28-18-10-5-11-19-28)26-29-20-12-6-13-21-29/h4-23,31-33,36H,24-26H2,1-3H3/t31-,32-,33-,41?/m0/s1. The summed E-state index contributed by atoms with van der Waals surface area (Å²) in [5.74, 6) is 0. The Morgan fingerprint density at radius 3 is 1.55 bits per heavy atom. The highest BCUT2D eigenvalue weighted by Crippen LogP contribution is 2.28. The molecule has 0 saturated carbocycles. The fourth-order valence-electron chi connectivity index (χ4n) is 4.81. The van der Waals surface area contributed by atoms with Crippen LogP contribution in [0.1, 0.15) is 37.5 Å². The number of benzene rings is 4. The SMILES string of the molecule is CC(C)(C)S(=O)N[C@H]([C@@H](F)S(=O)(=O)c1ccccc1)[C@H](Cc1ccccc1)N(Cc1ccccc1)Cc1ccccc1. The smallest absolute Gasteiger partial charge is 0.222 e. The largest absolute Gasteiger partial charge is 0.290 e. The van der Waals surface area contributed by atoms with E-state index in [1.165, 1.54) is 12.1 Å². The topological polar surface area (TPSA) is 66.5 Å². The van der Waals surface area contributed by atoms with E-state index in [0.717, 1.165) is 16.7 Å². The van der Waals surface area contributed by atoms with Crippen molar-refractivity contribution < 1.29 is 17.0 Å². The van der Waals surface area contributed by atoms with E-state index in [-0.39, 0.29) is 4.90 Å². The van der Waals surface area contributed by atoms with Crippen molar-refractivity contribution in [1.29, 1.82) is 0 Å². The molecule has 4 atom stereocenters. The first-order valence-corrected chi connectivity index (χ1v) is 16.7. The maximum atomic E-state index is 16.9. The monoisotopic (exact) mass is 606 g/mol. The fraction of sp³-hybridized carbons (Fsp3) is 0.294. The summed E-state index contributed by atoms with van der Waals surface area (Å²) in [5, 5.41) is 0. The molecule has 1 unspecified atom stereocenters. The fourth-order valence-corrected chi connectivity index (χ4v) is 7.20. The van der Waals surface area contributed by atoms with E-state index < -0.39 is 43.2 Å². The van der Waals surface area contributed by atoms with Gasteiger partial charge < -0.3 is 0 Å². The maximum Gasteiger partial charge on any atom is 0.222 e. The number of rotatable bonds is 13. The first-order chi connectivity index (χ1) is 20.1. The third kappa shape index (κ3) is 8.44. The average molecular weight is 607 g/mol. The quantitative estimate of drug-likeness (QED) is 0.189. The van der Waals surface area contributed by atoms with E-state index in [4.69, 9.17) is 0 Å². The van der Waals surface area contributed by atoms with Crippen molar-refractivity contribution in [3.05, 3.63) is 138 Å². The second kappa shape index (κ2) is 14.3. The molecular formula is C34H39FN2O3S2. The molecule has 0 saturated heterocycles. The van der Waals surface area contributed by atoms with Gasteiger partial charge in [-0.25, -0.2) is 21.7 Å². The normalized spacial score (nSPS) is 15.2. The highest BCUT2D eigenvalue weighted by Gasteiger charge is 2.43. The number of nitrogens with one attached hydrogen (secondary N) is 1. The minimum absolute atomic E-state index is 0.109. The zero-order chi connectivity index (χ0) is 30.2. The van der Waals surface area contributed by atoms with Crippen LogP contribution in [0.2, 0.25) is 0 Å². The molecule has 0 spiro atoms. The molecule has 0 radical (unpaired) electrons. The second-order valence-electron chi connectivity index (χ2n) is 11.4. The first-order valence-electron chi connectivity index (χ1n) is 14.0. The number of alkyl halides is 1. The van der Waals surface area contributed by atoms with Crippen LogP contribution in [0, 0.1) is 0 Å². The highest BCUT2D eigenvalue weighted by atomic mass is 32.2. The van der Waals surface area contributed by atoms with Crippen LogP contribution in [0.3, 0.4) is 0 Å². The highest BCUT2D eigenvalue weighted by molar-refractivity contribution is 7.92. The van der Waals surface area contributed by atoms with Gasteiger partial charge in [0.1, 0.15) is 0 Å². The van der Waals surface area contributed by atoms with E-state index in [1.54, 1.807) is 39.0 Å². The molecule has 0 aliphatic heterocycles. The molecule has 0 aliphatic carbocycles. The molecule has 0 aliphatic rings. The Bertz CT molecular complexity index is 1470. The van der Waals surface area contributed by atoms with Gasteiger partial charge >= 0.3 is 0 Å². The number of nitrogens with zero attached hydrogens (tertiary/aromatic N) is 1. The Morgan fingerprint density at radius 1 is 0.714 bits per heavy atom. The molecule has 4 aromatic carbocycles. The molecule has 8 heteroatoms. The van der Waals surface area contributed by atoms with Crippen molar-refractivity contribution in [3.63, 3.8) is 0 Å². The van der Waals surface area contributed by atoms with E-state index >= 15 is 4.39 Å². The van der Waals surface area contributed by atoms with Crippen LogP contribution < -0.4 is 4.72 Å². The van der Waals surface area contributed by atoms with Crippen LogP contribution in [-0.2, 0) is 40.3 Å². The van der Waals surface area contributed by atoms with E-state index in [1.807, 2.05) is 91.0 Å². The summed E-state index contributed by atoms with van der Waals surface area (Å²) < 4.78 is 60.2. The number of hydrogen-bond donors (Lipinski definition) is 1. The first kappa shape index (κ1) is 31.8. The molecule has 0 fully saturated rings. The lowest BCUT2D eigenvalue weighted by atomic mass is 9.97. The molecule has 5 nitrogen and oxygen atoms in total. The lowest BCUT2D eigenvalue weighted by molar-refractivity contribution is 0.125. The van der Waals surface area contributed by atoms with Crippen molar-refractivity contribution in [3.8, 4) is 0 Å². The molecule has 0 amide bonds. The zero-order valence-electron chi connectivity index (χ0n) is 24.3. The zero-order valence-corrected chi connectivity index (χ0v) is 25.9. The molecule has 0 heterocycles. The van der Waals surface area contributed by atoms with Crippen LogP contribution in [-0.4, -0.2) is 39.9 Å². The van der Waals surface area contributed by atoms with E-state index in [9.17, 15) is 12.6 Å². The third-order valence-electron chi connectivity index (χ3n) is 7.08. The van der Waals surface area contributed by atoms with Crippen LogP contribution in [0.25, 0.3) is 0 Å². The number of halogens is 1. The van der Waals surface area contributed by atoms with Crippen LogP contribution in [0.4, 0.5) is 4.39 Å². The minimum atomic E-state index is -4.44. The van der Waals surface area contributed by atoms with Gasteiger partial charge in [-0.3, -0.25) is 4.90 Å². The lowest BCUT2D eigenvalue weighted by Crippen LogP contribution is -2.58. The maximum absolute atomic E-state index is 16.9. The molecule has 0 bridgehead atoms. The summed E-state index contributed by atoms with van der Waals surface area (Å²) in [6.45, 7) is 6.22. The predicted octanol–water partition coefficient (Wildman–Crippen LogP) is 6.49. The number of hydrogen-bond acceptors (Lipinski definition) is 4. The molecule has 42 heavy (non-hydrogen) atoms. The van der Waals surface area contributed by atoms with Gasteiger partial charge in [-0.1, -0.05) is 109 Å². The Morgan fingerprint density at radius 2 is 1.12 bits per heavy atom. The molecule has 0 aromatic heterocycles. The predicted molar refractivity (Wildman–Crippen MR) is 169 cm³/mol. The Kier molecular flexibility index (Phi) is 10.8. The van der Waals surface area contributed by atoms with Gasteiger partial charge in [-0.15, -0.1) is 0 Å². The summed E-state index contributed by atoms with van der Waals surface area (Å²) >= 11 is 0. The van der Waals surface area contributed by atoms with Gasteiger partial charge in [-0.05, 0) is 56.0 Å². The van der Waals surface area contributed by atoms with Gasteiger partial charge in [0.05, 0.1) is 26.7 Å². The lowest BCUT2D eigenvalue weighted by Gasteiger charge is -2.39. The van der Waals surface area contributed by atoms with Gasteiger partial charge in [0.15, 0.2) is 0 Å². The van der Waals surface area contributed by atoms with Crippen molar-refractivity contribution in [1.82, 2.24) is 9.62 Å². The Hall–Kier alpha value is -3.17. The van der Waals surface area contributed by atoms with Crippen LogP contribution in [0.5, 0.6) is 0 Å². The van der Waals surface area contributed by atoms with Crippen LogP contribution in [0.15, 0.2) is 126 Å². The van der Waals surface area contributed by atoms with Gasteiger partial charge in [0.25, 0.3) is 0 Å². The second-order valence-corrected chi connectivity index (χ2v) is 15.4. The Labute approximate surface area is 252 Å². The average Bonchev–Trinajstić information content (AvgIpc) is 2.99. The third-order valence-corrected chi connectivity index (χ3v) is 10.5. The summed E-state index contributed by atoms with van der Waals surface area (Å²) in [6, 6.07) is 35.0. The summed E-state index contributed by atoms with van der Waals surface area (Å²) in [4.78, 5) is 1.99. The van der Waals surface area contributed by atoms with E-state index in [0.29, 0.717) is 19.5 Å². The van der Waals surface area contributed by atoms with E-state index in [2.05, 4.69) is 9.62 Å². The summed E-state index contributed by atoms with van der Waals surface area (Å²) in [7, 11) is -6.18. The summed E-state index contributed by atoms with van der Waals surface area (Å²) in [5.41, 5.74) is 0.562. The Balaban J connectivity index is 1.86. The molecular weight excluding hydrogens is 568 g/mol. The van der Waals surface area contributed by atoms with Gasteiger partial charge in [-0.2, -0.15) is 0 Å². The van der Waals surface area contributed by atoms with Crippen molar-refractivity contribution in [2.45, 2.75) is 67.5 Å². The van der Waals surface area contributed by atoms with Crippen molar-refractivity contribution in [2.24, 2.45) is 0 Å². The van der Waals surface area contributed by atoms with Gasteiger partial charge in [0.2, 0.25) is 15.3 Å². The molecule has 1 N–H and O–H groups in total. The molecule has 4 rings (SSSR count). The molecule has 4 aromatic rings. The van der Waals surface area contributed by atoms with Crippen LogP contribution >= 0.6 is 0 Å². The molecule has 222 valence electrons. The van der Waals surface area contributed by atoms with Crippen molar-refractivity contribution >= 4 is 20.8 Å². The number of sulfone groups is 1. The minimum Gasteiger partial charge on any atom is -0.290 e.